The van der Waals surface area contributed by atoms with E-state index in [-0.39, 0.29) is 6.04 Å². The van der Waals surface area contributed by atoms with Gasteiger partial charge in [0, 0.05) is 26.2 Å². The first-order chi connectivity index (χ1) is 13.0. The maximum atomic E-state index is 13.7. The summed E-state index contributed by atoms with van der Waals surface area (Å²) in [6, 6.07) is 4.00. The van der Waals surface area contributed by atoms with Crippen molar-refractivity contribution < 1.29 is 4.39 Å². The zero-order valence-corrected chi connectivity index (χ0v) is 14.8. The Morgan fingerprint density at radius 2 is 1.74 bits per heavy atom. The van der Waals surface area contributed by atoms with E-state index in [0.717, 1.165) is 0 Å². The van der Waals surface area contributed by atoms with Gasteiger partial charge in [-0.05, 0) is 31.0 Å². The van der Waals surface area contributed by atoms with E-state index in [1.165, 1.54) is 28.3 Å². The molecular weight excluding hydrogens is 351 g/mol. The molecular formula is C18H19FN6O2. The summed E-state index contributed by atoms with van der Waals surface area (Å²) in [4.78, 5) is 35.5. The van der Waals surface area contributed by atoms with Gasteiger partial charge in [-0.25, -0.2) is 14.4 Å². The Balaban J connectivity index is 1.69. The van der Waals surface area contributed by atoms with Crippen LogP contribution in [-0.2, 0) is 7.05 Å². The number of fused-ring (bicyclic) bond motifs is 1. The summed E-state index contributed by atoms with van der Waals surface area (Å²) in [5.74, 6) is 0.143. The van der Waals surface area contributed by atoms with Gasteiger partial charge < -0.3 is 15.2 Å². The fourth-order valence-electron chi connectivity index (χ4n) is 3.62. The Morgan fingerprint density at radius 3 is 2.41 bits per heavy atom. The summed E-state index contributed by atoms with van der Waals surface area (Å²) >= 11 is 0. The maximum Gasteiger partial charge on any atom is 0.317 e. The molecule has 0 radical (unpaired) electrons. The predicted octanol–water partition coefficient (Wildman–Crippen LogP) is 1.05. The molecule has 4 rings (SSSR count). The summed E-state index contributed by atoms with van der Waals surface area (Å²) in [6.45, 7) is 1.28. The van der Waals surface area contributed by atoms with Crippen LogP contribution in [0.2, 0.25) is 0 Å². The highest BCUT2D eigenvalue weighted by molar-refractivity contribution is 5.75. The number of hydrogen-bond acceptors (Lipinski definition) is 6. The average molecular weight is 370 g/mol. The SMILES string of the molecule is Cn1c(=O)c(=O)n(C2CCN(c3ncc(N)cn3)CC2)c2ccc(F)cc21. The van der Waals surface area contributed by atoms with Crippen LogP contribution >= 0.6 is 0 Å². The van der Waals surface area contributed by atoms with Crippen molar-refractivity contribution in [2.24, 2.45) is 7.05 Å². The molecule has 3 aromatic rings. The third kappa shape index (κ3) is 2.94. The van der Waals surface area contributed by atoms with Gasteiger partial charge in [0.25, 0.3) is 0 Å². The molecule has 1 aliphatic heterocycles. The lowest BCUT2D eigenvalue weighted by Crippen LogP contribution is -2.45. The molecule has 0 atom stereocenters. The fourth-order valence-corrected chi connectivity index (χ4v) is 3.62. The van der Waals surface area contributed by atoms with Crippen LogP contribution in [0.4, 0.5) is 16.0 Å². The highest BCUT2D eigenvalue weighted by Gasteiger charge is 2.25. The number of aromatic nitrogens is 4. The Kier molecular flexibility index (Phi) is 4.14. The number of hydrogen-bond donors (Lipinski definition) is 1. The van der Waals surface area contributed by atoms with E-state index >= 15 is 0 Å². The van der Waals surface area contributed by atoms with Gasteiger partial charge in [0.05, 0.1) is 29.1 Å². The number of benzene rings is 1. The molecule has 8 nitrogen and oxygen atoms in total. The summed E-state index contributed by atoms with van der Waals surface area (Å²) in [6.07, 6.45) is 4.41. The molecule has 1 aliphatic rings. The number of nitrogen functional groups attached to an aromatic ring is 1. The predicted molar refractivity (Wildman–Crippen MR) is 100 cm³/mol. The van der Waals surface area contributed by atoms with Crippen LogP contribution < -0.4 is 21.8 Å². The number of nitrogens with two attached hydrogens (primary N) is 1. The quantitative estimate of drug-likeness (QED) is 0.677. The van der Waals surface area contributed by atoms with E-state index in [4.69, 9.17) is 5.73 Å². The molecule has 1 fully saturated rings. The molecule has 0 bridgehead atoms. The minimum atomic E-state index is -0.655. The van der Waals surface area contributed by atoms with E-state index in [1.807, 2.05) is 4.90 Å². The molecule has 1 aromatic carbocycles. The zero-order chi connectivity index (χ0) is 19.1. The van der Waals surface area contributed by atoms with Crippen molar-refractivity contribution in [1.29, 1.82) is 0 Å². The highest BCUT2D eigenvalue weighted by Crippen LogP contribution is 2.26. The molecule has 2 aromatic heterocycles. The lowest BCUT2D eigenvalue weighted by molar-refractivity contribution is 0.391. The van der Waals surface area contributed by atoms with Gasteiger partial charge in [-0.15, -0.1) is 0 Å². The molecule has 2 N–H and O–H groups in total. The molecule has 3 heterocycles. The number of anilines is 2. The third-order valence-corrected chi connectivity index (χ3v) is 5.04. The summed E-state index contributed by atoms with van der Waals surface area (Å²) < 4.78 is 16.4. The van der Waals surface area contributed by atoms with Crippen molar-refractivity contribution in [3.63, 3.8) is 0 Å². The topological polar surface area (TPSA) is 99.0 Å². The van der Waals surface area contributed by atoms with Gasteiger partial charge in [0.15, 0.2) is 0 Å². The minimum Gasteiger partial charge on any atom is -0.396 e. The molecule has 140 valence electrons. The molecule has 0 unspecified atom stereocenters. The van der Waals surface area contributed by atoms with Crippen LogP contribution in [0, 0.1) is 5.82 Å². The summed E-state index contributed by atoms with van der Waals surface area (Å²) in [5.41, 5.74) is 5.85. The number of piperidine rings is 1. The zero-order valence-electron chi connectivity index (χ0n) is 14.8. The maximum absolute atomic E-state index is 13.7. The highest BCUT2D eigenvalue weighted by atomic mass is 19.1. The van der Waals surface area contributed by atoms with Crippen molar-refractivity contribution in [3.8, 4) is 0 Å². The van der Waals surface area contributed by atoms with E-state index in [9.17, 15) is 14.0 Å². The summed E-state index contributed by atoms with van der Waals surface area (Å²) in [7, 11) is 1.48. The Labute approximate surface area is 153 Å². The first-order valence-corrected chi connectivity index (χ1v) is 8.69. The van der Waals surface area contributed by atoms with Crippen LogP contribution in [0.25, 0.3) is 11.0 Å². The standard InChI is InChI=1S/C18H19FN6O2/c1-23-15-8-11(19)2-3-14(15)25(17(27)16(23)26)13-4-6-24(7-5-13)18-21-9-12(20)10-22-18/h2-3,8-10,13H,4-7,20H2,1H3. The van der Waals surface area contributed by atoms with Crippen LogP contribution in [-0.4, -0.2) is 32.2 Å². The smallest absolute Gasteiger partial charge is 0.317 e. The molecule has 0 spiro atoms. The first-order valence-electron chi connectivity index (χ1n) is 8.69. The number of halogens is 1. The number of rotatable bonds is 2. The van der Waals surface area contributed by atoms with Crippen LogP contribution in [0.15, 0.2) is 40.2 Å². The summed E-state index contributed by atoms with van der Waals surface area (Å²) in [5, 5.41) is 0. The number of nitrogens with zero attached hydrogens (tertiary/aromatic N) is 5. The lowest BCUT2D eigenvalue weighted by atomic mass is 10.0. The molecule has 9 heteroatoms. The van der Waals surface area contributed by atoms with Gasteiger partial charge in [0.2, 0.25) is 5.95 Å². The lowest BCUT2D eigenvalue weighted by Gasteiger charge is -2.33. The van der Waals surface area contributed by atoms with E-state index in [2.05, 4.69) is 9.97 Å². The molecule has 27 heavy (non-hydrogen) atoms. The molecule has 1 saturated heterocycles. The Hall–Kier alpha value is -3.23. The Bertz CT molecular complexity index is 1110. The van der Waals surface area contributed by atoms with E-state index in [0.29, 0.717) is 48.6 Å². The second-order valence-corrected chi connectivity index (χ2v) is 6.71. The average Bonchev–Trinajstić information content (AvgIpc) is 2.68. The number of aryl methyl sites for hydroxylation is 1. The van der Waals surface area contributed by atoms with Crippen LogP contribution in [0.3, 0.4) is 0 Å². The van der Waals surface area contributed by atoms with Crippen molar-refractivity contribution in [2.75, 3.05) is 23.7 Å². The van der Waals surface area contributed by atoms with Crippen molar-refractivity contribution in [1.82, 2.24) is 19.1 Å². The monoisotopic (exact) mass is 370 g/mol. The van der Waals surface area contributed by atoms with Gasteiger partial charge in [-0.1, -0.05) is 0 Å². The van der Waals surface area contributed by atoms with E-state index in [1.54, 1.807) is 18.5 Å². The Morgan fingerprint density at radius 1 is 1.07 bits per heavy atom. The van der Waals surface area contributed by atoms with Crippen molar-refractivity contribution in [3.05, 3.63) is 57.1 Å². The van der Waals surface area contributed by atoms with Gasteiger partial charge >= 0.3 is 11.1 Å². The molecule has 0 aliphatic carbocycles. The second kappa shape index (κ2) is 6.49. The fraction of sp³-hybridized carbons (Fsp3) is 0.333. The van der Waals surface area contributed by atoms with Crippen LogP contribution in [0.5, 0.6) is 0 Å². The largest absolute Gasteiger partial charge is 0.396 e. The van der Waals surface area contributed by atoms with Crippen molar-refractivity contribution in [2.45, 2.75) is 18.9 Å². The normalized spacial score (nSPS) is 15.4. The van der Waals surface area contributed by atoms with E-state index < -0.39 is 16.9 Å². The van der Waals surface area contributed by atoms with Crippen molar-refractivity contribution >= 4 is 22.7 Å². The second-order valence-electron chi connectivity index (χ2n) is 6.71. The van der Waals surface area contributed by atoms with Crippen LogP contribution in [0.1, 0.15) is 18.9 Å². The van der Waals surface area contributed by atoms with Gasteiger partial charge in [0.1, 0.15) is 5.82 Å². The minimum absolute atomic E-state index is 0.149. The molecule has 0 saturated carbocycles. The van der Waals surface area contributed by atoms with Gasteiger partial charge in [-0.2, -0.15) is 0 Å². The first kappa shape index (κ1) is 17.2. The molecule has 0 amide bonds. The third-order valence-electron chi connectivity index (χ3n) is 5.04. The van der Waals surface area contributed by atoms with Gasteiger partial charge in [-0.3, -0.25) is 14.2 Å².